The van der Waals surface area contributed by atoms with Crippen LogP contribution in [0, 0.1) is 22.5 Å². The molecule has 5 nitrogen and oxygen atoms in total. The van der Waals surface area contributed by atoms with E-state index in [0.717, 1.165) is 18.7 Å². The van der Waals surface area contributed by atoms with Gasteiger partial charge in [0, 0.05) is 30.8 Å². The van der Waals surface area contributed by atoms with Crippen LogP contribution >= 0.6 is 0 Å². The molecule has 0 aliphatic carbocycles. The van der Waals surface area contributed by atoms with Crippen LogP contribution in [0.1, 0.15) is 26.7 Å². The van der Waals surface area contributed by atoms with E-state index in [-0.39, 0.29) is 17.5 Å². The van der Waals surface area contributed by atoms with Gasteiger partial charge >= 0.3 is 5.69 Å². The van der Waals surface area contributed by atoms with Crippen molar-refractivity contribution in [2.75, 3.05) is 11.9 Å². The van der Waals surface area contributed by atoms with Crippen LogP contribution in [0.2, 0.25) is 0 Å². The summed E-state index contributed by atoms with van der Waals surface area (Å²) in [5, 5.41) is 14.1. The van der Waals surface area contributed by atoms with Crippen LogP contribution in [0.15, 0.2) is 18.2 Å². The van der Waals surface area contributed by atoms with Gasteiger partial charge in [-0.05, 0) is 26.3 Å². The minimum atomic E-state index is -0.445. The molecule has 0 aliphatic rings. The molecule has 1 rings (SSSR count). The van der Waals surface area contributed by atoms with E-state index in [2.05, 4.69) is 11.2 Å². The number of hydrogen-bond donors (Lipinski definition) is 1. The summed E-state index contributed by atoms with van der Waals surface area (Å²) in [7, 11) is 0. The molecular weight excluding hydrogens is 244 g/mol. The Morgan fingerprint density at radius 1 is 1.53 bits per heavy atom. The molecule has 0 saturated heterocycles. The number of nitro benzene ring substituents is 1. The number of nitrogens with one attached hydrogen (secondary N) is 1. The van der Waals surface area contributed by atoms with Crippen molar-refractivity contribution in [2.24, 2.45) is 0 Å². The maximum atomic E-state index is 10.9. The summed E-state index contributed by atoms with van der Waals surface area (Å²) in [6, 6.07) is 4.76. The van der Waals surface area contributed by atoms with E-state index < -0.39 is 4.92 Å². The summed E-state index contributed by atoms with van der Waals surface area (Å²) >= 11 is 0. The van der Waals surface area contributed by atoms with Crippen molar-refractivity contribution in [3.63, 3.8) is 0 Å². The van der Waals surface area contributed by atoms with Gasteiger partial charge in [0.25, 0.3) is 0 Å². The molecule has 1 N–H and O–H groups in total. The molecule has 0 saturated carbocycles. The third-order valence-corrected chi connectivity index (χ3v) is 2.35. The van der Waals surface area contributed by atoms with Gasteiger partial charge in [0.15, 0.2) is 5.75 Å². The number of nitro groups is 1. The van der Waals surface area contributed by atoms with E-state index in [4.69, 9.17) is 11.2 Å². The normalized spacial score (nSPS) is 10.0. The van der Waals surface area contributed by atoms with Gasteiger partial charge in [-0.3, -0.25) is 10.1 Å². The Morgan fingerprint density at radius 3 is 2.84 bits per heavy atom. The van der Waals surface area contributed by atoms with Crippen LogP contribution in [0.4, 0.5) is 11.4 Å². The Bertz CT molecular complexity index is 478. The number of unbranched alkanes of at least 4 members (excludes halogenated alkanes) is 1. The Kier molecular flexibility index (Phi) is 5.68. The Hall–Kier alpha value is -2.22. The van der Waals surface area contributed by atoms with Crippen molar-refractivity contribution >= 4 is 11.4 Å². The topological polar surface area (TPSA) is 64.4 Å². The second-order valence-corrected chi connectivity index (χ2v) is 4.34. The number of anilines is 1. The Balaban J connectivity index is 2.80. The second-order valence-electron chi connectivity index (χ2n) is 4.34. The summed E-state index contributed by atoms with van der Waals surface area (Å²) in [5.74, 6) is 2.84. The van der Waals surface area contributed by atoms with E-state index in [0.29, 0.717) is 6.42 Å². The molecule has 19 heavy (non-hydrogen) atoms. The lowest BCUT2D eigenvalue weighted by molar-refractivity contribution is -0.386. The van der Waals surface area contributed by atoms with Gasteiger partial charge < -0.3 is 10.1 Å². The molecule has 0 aromatic heterocycles. The number of rotatable bonds is 7. The number of terminal acetylenes is 1. The molecule has 102 valence electrons. The van der Waals surface area contributed by atoms with E-state index in [1.807, 2.05) is 13.8 Å². The Labute approximate surface area is 113 Å². The monoisotopic (exact) mass is 262 g/mol. The van der Waals surface area contributed by atoms with E-state index in [9.17, 15) is 10.1 Å². The number of nitrogens with zero attached hydrogens (tertiary/aromatic N) is 1. The molecule has 0 heterocycles. The molecule has 0 radical (unpaired) electrons. The van der Waals surface area contributed by atoms with Crippen molar-refractivity contribution in [1.29, 1.82) is 0 Å². The summed E-state index contributed by atoms with van der Waals surface area (Å²) in [4.78, 5) is 10.5. The quantitative estimate of drug-likeness (QED) is 0.354. The van der Waals surface area contributed by atoms with E-state index in [1.165, 1.54) is 6.07 Å². The van der Waals surface area contributed by atoms with Crippen molar-refractivity contribution < 1.29 is 9.66 Å². The first-order chi connectivity index (χ1) is 9.04. The van der Waals surface area contributed by atoms with Gasteiger partial charge in [-0.2, -0.15) is 0 Å². The van der Waals surface area contributed by atoms with Crippen molar-refractivity contribution in [3.05, 3.63) is 28.3 Å². The molecule has 0 aliphatic heterocycles. The van der Waals surface area contributed by atoms with Crippen molar-refractivity contribution in [2.45, 2.75) is 32.8 Å². The molecule has 0 fully saturated rings. The number of benzene rings is 1. The van der Waals surface area contributed by atoms with Gasteiger partial charge in [-0.1, -0.05) is 0 Å². The molecule has 1 aromatic carbocycles. The van der Waals surface area contributed by atoms with Gasteiger partial charge in [0.05, 0.1) is 11.0 Å². The molecule has 0 amide bonds. The summed E-state index contributed by atoms with van der Waals surface area (Å²) in [6.07, 6.45) is 6.61. The first-order valence-electron chi connectivity index (χ1n) is 6.17. The zero-order valence-electron chi connectivity index (χ0n) is 11.2. The highest BCUT2D eigenvalue weighted by atomic mass is 16.6. The largest absolute Gasteiger partial charge is 0.484 e. The highest BCUT2D eigenvalue weighted by Crippen LogP contribution is 2.30. The molecule has 0 atom stereocenters. The summed E-state index contributed by atoms with van der Waals surface area (Å²) in [6.45, 7) is 4.39. The van der Waals surface area contributed by atoms with Crippen LogP contribution in [0.25, 0.3) is 0 Å². The van der Waals surface area contributed by atoms with Gasteiger partial charge in [0.2, 0.25) is 0 Å². The zero-order chi connectivity index (χ0) is 14.3. The first kappa shape index (κ1) is 14.8. The fraction of sp³-hybridized carbons (Fsp3) is 0.429. The summed E-state index contributed by atoms with van der Waals surface area (Å²) in [5.41, 5.74) is 0.765. The third-order valence-electron chi connectivity index (χ3n) is 2.35. The third kappa shape index (κ3) is 4.88. The lowest BCUT2D eigenvalue weighted by atomic mass is 10.2. The average Bonchev–Trinajstić information content (AvgIpc) is 2.34. The van der Waals surface area contributed by atoms with Gasteiger partial charge in [-0.15, -0.1) is 12.3 Å². The Morgan fingerprint density at radius 2 is 2.26 bits per heavy atom. The van der Waals surface area contributed by atoms with Crippen LogP contribution < -0.4 is 10.1 Å². The molecule has 1 aromatic rings. The predicted octanol–water partition coefficient (Wildman–Crippen LogP) is 3.21. The maximum absolute atomic E-state index is 10.9. The highest BCUT2D eigenvalue weighted by molar-refractivity contribution is 5.58. The lowest BCUT2D eigenvalue weighted by Crippen LogP contribution is -2.08. The second kappa shape index (κ2) is 7.27. The first-order valence-corrected chi connectivity index (χ1v) is 6.17. The highest BCUT2D eigenvalue weighted by Gasteiger charge is 2.16. The molecule has 0 unspecified atom stereocenters. The molecule has 0 spiro atoms. The van der Waals surface area contributed by atoms with E-state index >= 15 is 0 Å². The minimum absolute atomic E-state index is 0.0251. The van der Waals surface area contributed by atoms with Crippen LogP contribution in [0.3, 0.4) is 0 Å². The fourth-order valence-corrected chi connectivity index (χ4v) is 1.55. The zero-order valence-corrected chi connectivity index (χ0v) is 11.2. The summed E-state index contributed by atoms with van der Waals surface area (Å²) < 4.78 is 5.46. The SMILES string of the molecule is C#CCCCNc1ccc([N+](=O)[O-])c(OC(C)C)c1. The van der Waals surface area contributed by atoms with Crippen LogP contribution in [-0.2, 0) is 0 Å². The fourth-order valence-electron chi connectivity index (χ4n) is 1.55. The average molecular weight is 262 g/mol. The van der Waals surface area contributed by atoms with Crippen LogP contribution in [0.5, 0.6) is 5.75 Å². The van der Waals surface area contributed by atoms with Gasteiger partial charge in [-0.25, -0.2) is 0 Å². The molecular formula is C14H18N2O3. The molecule has 5 heteroatoms. The minimum Gasteiger partial charge on any atom is -0.484 e. The van der Waals surface area contributed by atoms with E-state index in [1.54, 1.807) is 12.1 Å². The number of ether oxygens (including phenoxy) is 1. The maximum Gasteiger partial charge on any atom is 0.311 e. The van der Waals surface area contributed by atoms with Crippen LogP contribution in [-0.4, -0.2) is 17.6 Å². The lowest BCUT2D eigenvalue weighted by Gasteiger charge is -2.12. The van der Waals surface area contributed by atoms with Gasteiger partial charge in [0.1, 0.15) is 0 Å². The van der Waals surface area contributed by atoms with Crippen molar-refractivity contribution in [1.82, 2.24) is 0 Å². The smallest absolute Gasteiger partial charge is 0.311 e. The number of hydrogen-bond acceptors (Lipinski definition) is 4. The van der Waals surface area contributed by atoms with Crippen molar-refractivity contribution in [3.8, 4) is 18.1 Å². The molecule has 0 bridgehead atoms. The predicted molar refractivity (Wildman–Crippen MR) is 75.4 cm³/mol. The standard InChI is InChI=1S/C14H18N2O3/c1-4-5-6-9-15-12-7-8-13(16(17)18)14(10-12)19-11(2)3/h1,7-8,10-11,15H,5-6,9H2,2-3H3.